The molecular weight excluding hydrogens is 304 g/mol. The molecule has 0 unspecified atom stereocenters. The summed E-state index contributed by atoms with van der Waals surface area (Å²) in [5, 5.41) is 5.63. The van der Waals surface area contributed by atoms with E-state index in [0.29, 0.717) is 30.8 Å². The zero-order valence-corrected chi connectivity index (χ0v) is 14.0. The molecular formula is C19H22N2O3. The molecule has 0 spiro atoms. The van der Waals surface area contributed by atoms with E-state index in [9.17, 15) is 9.59 Å². The van der Waals surface area contributed by atoms with Gasteiger partial charge in [-0.2, -0.15) is 0 Å². The molecule has 126 valence electrons. The fourth-order valence-electron chi connectivity index (χ4n) is 2.23. The standard InChI is InChI=1S/C19H22N2O3/c1-14-5-3-4-6-17(14)13-21-19(23)16-9-7-15(8-10-16)18(22)20-11-12-24-2/h3-10H,11-13H2,1-2H3,(H,20,22)(H,21,23). The molecule has 2 rings (SSSR count). The summed E-state index contributed by atoms with van der Waals surface area (Å²) in [6.07, 6.45) is 0. The number of hydrogen-bond acceptors (Lipinski definition) is 3. The van der Waals surface area contributed by atoms with Gasteiger partial charge in [-0.3, -0.25) is 9.59 Å². The smallest absolute Gasteiger partial charge is 0.251 e. The number of amides is 2. The van der Waals surface area contributed by atoms with Crippen LogP contribution in [0, 0.1) is 6.92 Å². The van der Waals surface area contributed by atoms with E-state index in [0.717, 1.165) is 11.1 Å². The number of ether oxygens (including phenoxy) is 1. The van der Waals surface area contributed by atoms with Crippen molar-refractivity contribution in [1.82, 2.24) is 10.6 Å². The number of methoxy groups -OCH3 is 1. The molecule has 0 fully saturated rings. The van der Waals surface area contributed by atoms with E-state index >= 15 is 0 Å². The van der Waals surface area contributed by atoms with Crippen LogP contribution in [0.25, 0.3) is 0 Å². The van der Waals surface area contributed by atoms with Gasteiger partial charge in [0.05, 0.1) is 6.61 Å². The average molecular weight is 326 g/mol. The molecule has 0 saturated carbocycles. The number of nitrogens with one attached hydrogen (secondary N) is 2. The van der Waals surface area contributed by atoms with Crippen LogP contribution in [0.1, 0.15) is 31.8 Å². The molecule has 0 aliphatic carbocycles. The normalized spacial score (nSPS) is 10.2. The number of carbonyl (C=O) groups excluding carboxylic acids is 2. The Morgan fingerprint density at radius 1 is 0.917 bits per heavy atom. The lowest BCUT2D eigenvalue weighted by Gasteiger charge is -2.09. The molecule has 24 heavy (non-hydrogen) atoms. The predicted octanol–water partition coefficient (Wildman–Crippen LogP) is 2.30. The SMILES string of the molecule is COCCNC(=O)c1ccc(C(=O)NCc2ccccc2C)cc1. The van der Waals surface area contributed by atoms with Gasteiger partial charge in [0.1, 0.15) is 0 Å². The van der Waals surface area contributed by atoms with E-state index in [2.05, 4.69) is 10.6 Å². The molecule has 5 nitrogen and oxygen atoms in total. The minimum Gasteiger partial charge on any atom is -0.383 e. The van der Waals surface area contributed by atoms with Crippen LogP contribution in [-0.2, 0) is 11.3 Å². The molecule has 0 aliphatic rings. The van der Waals surface area contributed by atoms with E-state index in [1.807, 2.05) is 31.2 Å². The van der Waals surface area contributed by atoms with E-state index in [-0.39, 0.29) is 11.8 Å². The zero-order valence-electron chi connectivity index (χ0n) is 14.0. The highest BCUT2D eigenvalue weighted by Gasteiger charge is 2.09. The molecule has 2 aromatic rings. The van der Waals surface area contributed by atoms with Crippen molar-refractivity contribution in [2.45, 2.75) is 13.5 Å². The maximum Gasteiger partial charge on any atom is 0.251 e. The summed E-state index contributed by atoms with van der Waals surface area (Å²) in [7, 11) is 1.58. The van der Waals surface area contributed by atoms with E-state index in [1.165, 1.54) is 0 Å². The second kappa shape index (κ2) is 8.84. The quantitative estimate of drug-likeness (QED) is 0.767. The molecule has 2 N–H and O–H groups in total. The van der Waals surface area contributed by atoms with Crippen LogP contribution in [0.4, 0.5) is 0 Å². The van der Waals surface area contributed by atoms with E-state index < -0.39 is 0 Å². The summed E-state index contributed by atoms with van der Waals surface area (Å²) in [6, 6.07) is 14.5. The van der Waals surface area contributed by atoms with Gasteiger partial charge < -0.3 is 15.4 Å². The van der Waals surface area contributed by atoms with E-state index in [1.54, 1.807) is 31.4 Å². The lowest BCUT2D eigenvalue weighted by molar-refractivity contribution is 0.0930. The van der Waals surface area contributed by atoms with Gasteiger partial charge in [0.2, 0.25) is 0 Å². The molecule has 0 radical (unpaired) electrons. The monoisotopic (exact) mass is 326 g/mol. The molecule has 0 saturated heterocycles. The first-order valence-electron chi connectivity index (χ1n) is 7.81. The summed E-state index contributed by atoms with van der Waals surface area (Å²) in [5.74, 6) is -0.344. The summed E-state index contributed by atoms with van der Waals surface area (Å²) in [5.41, 5.74) is 3.26. The maximum absolute atomic E-state index is 12.2. The van der Waals surface area contributed by atoms with Crippen molar-refractivity contribution >= 4 is 11.8 Å². The number of rotatable bonds is 7. The second-order valence-electron chi connectivity index (χ2n) is 5.44. The molecule has 5 heteroatoms. The first-order valence-corrected chi connectivity index (χ1v) is 7.81. The van der Waals surface area contributed by atoms with Gasteiger partial charge in [0.25, 0.3) is 11.8 Å². The lowest BCUT2D eigenvalue weighted by Crippen LogP contribution is -2.27. The highest BCUT2D eigenvalue weighted by molar-refractivity contribution is 5.97. The van der Waals surface area contributed by atoms with Gasteiger partial charge in [-0.25, -0.2) is 0 Å². The highest BCUT2D eigenvalue weighted by Crippen LogP contribution is 2.08. The molecule has 2 amide bonds. The van der Waals surface area contributed by atoms with Crippen LogP contribution in [-0.4, -0.2) is 32.1 Å². The van der Waals surface area contributed by atoms with Gasteiger partial charge in [-0.15, -0.1) is 0 Å². The highest BCUT2D eigenvalue weighted by atomic mass is 16.5. The summed E-state index contributed by atoms with van der Waals surface area (Å²) in [6.45, 7) is 3.41. The predicted molar refractivity (Wildman–Crippen MR) is 93.0 cm³/mol. The average Bonchev–Trinajstić information content (AvgIpc) is 2.61. The minimum absolute atomic E-state index is 0.162. The van der Waals surface area contributed by atoms with Gasteiger partial charge in [0, 0.05) is 31.3 Å². The number of aryl methyl sites for hydroxylation is 1. The maximum atomic E-state index is 12.2. The van der Waals surface area contributed by atoms with Crippen LogP contribution in [0.15, 0.2) is 48.5 Å². The van der Waals surface area contributed by atoms with Crippen LogP contribution in [0.3, 0.4) is 0 Å². The fraction of sp³-hybridized carbons (Fsp3) is 0.263. The minimum atomic E-state index is -0.182. The fourth-order valence-corrected chi connectivity index (χ4v) is 2.23. The Hall–Kier alpha value is -2.66. The first-order chi connectivity index (χ1) is 11.6. The zero-order chi connectivity index (χ0) is 17.4. The van der Waals surface area contributed by atoms with Gasteiger partial charge in [-0.05, 0) is 42.3 Å². The number of hydrogen-bond donors (Lipinski definition) is 2. The largest absolute Gasteiger partial charge is 0.383 e. The summed E-state index contributed by atoms with van der Waals surface area (Å²) >= 11 is 0. The Kier molecular flexibility index (Phi) is 6.51. The Morgan fingerprint density at radius 2 is 1.50 bits per heavy atom. The molecule has 0 atom stereocenters. The van der Waals surface area contributed by atoms with Crippen molar-refractivity contribution in [3.05, 3.63) is 70.8 Å². The Labute approximate surface area is 142 Å². The molecule has 0 heterocycles. The Balaban J connectivity index is 1.91. The van der Waals surface area contributed by atoms with Crippen molar-refractivity contribution in [2.24, 2.45) is 0 Å². The topological polar surface area (TPSA) is 67.4 Å². The second-order valence-corrected chi connectivity index (χ2v) is 5.44. The van der Waals surface area contributed by atoms with Crippen molar-refractivity contribution in [3.8, 4) is 0 Å². The summed E-state index contributed by atoms with van der Waals surface area (Å²) < 4.78 is 4.88. The molecule has 0 bridgehead atoms. The van der Waals surface area contributed by atoms with Crippen LogP contribution < -0.4 is 10.6 Å². The van der Waals surface area contributed by atoms with Crippen LogP contribution in [0.2, 0.25) is 0 Å². The van der Waals surface area contributed by atoms with Crippen molar-refractivity contribution in [1.29, 1.82) is 0 Å². The van der Waals surface area contributed by atoms with Crippen molar-refractivity contribution in [2.75, 3.05) is 20.3 Å². The van der Waals surface area contributed by atoms with Gasteiger partial charge >= 0.3 is 0 Å². The third-order valence-corrected chi connectivity index (χ3v) is 3.70. The Morgan fingerprint density at radius 3 is 2.08 bits per heavy atom. The number of carbonyl (C=O) groups is 2. The van der Waals surface area contributed by atoms with Crippen LogP contribution >= 0.6 is 0 Å². The lowest BCUT2D eigenvalue weighted by atomic mass is 10.1. The van der Waals surface area contributed by atoms with Crippen molar-refractivity contribution in [3.63, 3.8) is 0 Å². The summed E-state index contributed by atoms with van der Waals surface area (Å²) in [4.78, 5) is 24.1. The third-order valence-electron chi connectivity index (χ3n) is 3.70. The molecule has 2 aromatic carbocycles. The van der Waals surface area contributed by atoms with Crippen LogP contribution in [0.5, 0.6) is 0 Å². The van der Waals surface area contributed by atoms with E-state index in [4.69, 9.17) is 4.74 Å². The number of benzene rings is 2. The van der Waals surface area contributed by atoms with Crippen molar-refractivity contribution < 1.29 is 14.3 Å². The molecule has 0 aliphatic heterocycles. The first kappa shape index (κ1) is 17.7. The molecule has 0 aromatic heterocycles. The Bertz CT molecular complexity index is 696. The van der Waals surface area contributed by atoms with Gasteiger partial charge in [-0.1, -0.05) is 24.3 Å². The third kappa shape index (κ3) is 4.93. The van der Waals surface area contributed by atoms with Gasteiger partial charge in [0.15, 0.2) is 0 Å².